The smallest absolute Gasteiger partial charge is 0.407 e. The Balaban J connectivity index is 1.49. The first-order valence-electron chi connectivity index (χ1n) is 9.93. The molecule has 152 valence electrons. The van der Waals surface area contributed by atoms with Gasteiger partial charge in [-0.3, -0.25) is 4.79 Å². The van der Waals surface area contributed by atoms with Crippen LogP contribution in [0.3, 0.4) is 0 Å². The van der Waals surface area contributed by atoms with Crippen LogP contribution in [0.2, 0.25) is 0 Å². The third-order valence-corrected chi connectivity index (χ3v) is 6.17. The molecule has 2 aromatic carbocycles. The second-order valence-electron chi connectivity index (χ2n) is 7.90. The molecule has 0 bridgehead atoms. The van der Waals surface area contributed by atoms with Crippen LogP contribution in [0.25, 0.3) is 11.1 Å². The van der Waals surface area contributed by atoms with E-state index in [0.717, 1.165) is 22.3 Å². The first-order valence-corrected chi connectivity index (χ1v) is 9.93. The van der Waals surface area contributed by atoms with Crippen LogP contribution >= 0.6 is 0 Å². The summed E-state index contributed by atoms with van der Waals surface area (Å²) < 4.78 is 11.0. The first-order chi connectivity index (χ1) is 14.0. The van der Waals surface area contributed by atoms with Gasteiger partial charge < -0.3 is 19.9 Å². The fraction of sp³-hybridized carbons (Fsp3) is 0.391. The number of carboxylic acids is 1. The van der Waals surface area contributed by atoms with E-state index in [2.05, 4.69) is 29.6 Å². The molecule has 0 aromatic heterocycles. The highest BCUT2D eigenvalue weighted by atomic mass is 16.5. The van der Waals surface area contributed by atoms with Crippen LogP contribution in [0.1, 0.15) is 36.8 Å². The highest BCUT2D eigenvalue weighted by molar-refractivity contribution is 5.79. The molecule has 29 heavy (non-hydrogen) atoms. The number of nitrogens with one attached hydrogen (secondary N) is 1. The van der Waals surface area contributed by atoms with E-state index in [1.54, 1.807) is 0 Å². The average molecular weight is 395 g/mol. The van der Waals surface area contributed by atoms with Gasteiger partial charge in [0.25, 0.3) is 0 Å². The number of carbonyl (C=O) groups excluding carboxylic acids is 1. The largest absolute Gasteiger partial charge is 0.481 e. The van der Waals surface area contributed by atoms with Gasteiger partial charge in [0.05, 0.1) is 18.6 Å². The maximum Gasteiger partial charge on any atom is 0.407 e. The number of carboxylic acid groups (broad SMARTS) is 1. The molecule has 1 amide bonds. The van der Waals surface area contributed by atoms with E-state index in [1.807, 2.05) is 31.2 Å². The number of carbonyl (C=O) groups is 2. The number of benzene rings is 2. The Bertz CT molecular complexity index is 881. The molecule has 2 unspecified atom stereocenters. The summed E-state index contributed by atoms with van der Waals surface area (Å²) in [5, 5.41) is 12.2. The third-order valence-electron chi connectivity index (χ3n) is 6.17. The summed E-state index contributed by atoms with van der Waals surface area (Å²) in [6, 6.07) is 16.3. The molecule has 4 rings (SSSR count). The zero-order valence-corrected chi connectivity index (χ0v) is 16.4. The van der Waals surface area contributed by atoms with Gasteiger partial charge in [-0.25, -0.2) is 4.79 Å². The maximum absolute atomic E-state index is 12.7. The maximum atomic E-state index is 12.7. The molecule has 2 N–H and O–H groups in total. The minimum Gasteiger partial charge on any atom is -0.481 e. The Morgan fingerprint density at radius 3 is 2.34 bits per heavy atom. The van der Waals surface area contributed by atoms with E-state index in [9.17, 15) is 14.7 Å². The highest BCUT2D eigenvalue weighted by Crippen LogP contribution is 2.44. The molecule has 2 aliphatic rings. The Labute approximate surface area is 169 Å². The van der Waals surface area contributed by atoms with E-state index >= 15 is 0 Å². The molecule has 2 aromatic rings. The molecule has 0 radical (unpaired) electrons. The Hall–Kier alpha value is -2.86. The zero-order chi connectivity index (χ0) is 20.4. The van der Waals surface area contributed by atoms with Gasteiger partial charge in [-0.1, -0.05) is 55.5 Å². The normalized spacial score (nSPS) is 23.1. The van der Waals surface area contributed by atoms with Crippen LogP contribution in [-0.4, -0.2) is 42.5 Å². The van der Waals surface area contributed by atoms with E-state index in [-0.39, 0.29) is 24.9 Å². The van der Waals surface area contributed by atoms with Crippen molar-refractivity contribution in [3.05, 3.63) is 59.7 Å². The summed E-state index contributed by atoms with van der Waals surface area (Å²) in [7, 11) is 0. The number of ether oxygens (including phenoxy) is 2. The Morgan fingerprint density at radius 2 is 1.76 bits per heavy atom. The molecule has 1 aliphatic heterocycles. The van der Waals surface area contributed by atoms with Crippen LogP contribution in [0.15, 0.2) is 48.5 Å². The summed E-state index contributed by atoms with van der Waals surface area (Å²) in [6.45, 7) is 2.93. The van der Waals surface area contributed by atoms with Crippen molar-refractivity contribution in [2.45, 2.75) is 31.2 Å². The molecule has 6 heteroatoms. The Kier molecular flexibility index (Phi) is 5.28. The molecule has 6 nitrogen and oxygen atoms in total. The van der Waals surface area contributed by atoms with Crippen molar-refractivity contribution < 1.29 is 24.2 Å². The zero-order valence-electron chi connectivity index (χ0n) is 16.4. The quantitative estimate of drug-likeness (QED) is 0.805. The number of amides is 1. The van der Waals surface area contributed by atoms with Gasteiger partial charge in [0.2, 0.25) is 0 Å². The third kappa shape index (κ3) is 3.72. The summed E-state index contributed by atoms with van der Waals surface area (Å²) in [6.07, 6.45) is -0.284. The van der Waals surface area contributed by atoms with Crippen molar-refractivity contribution in [1.82, 2.24) is 5.32 Å². The minimum absolute atomic E-state index is 0.0318. The molecule has 1 fully saturated rings. The molecule has 0 spiro atoms. The molecular formula is C23H25NO5. The first kappa shape index (κ1) is 19.5. The standard InChI is InChI=1S/C23H25NO5/c1-15-13-28-11-10-23(15,12-21(25)26)24-22(27)29-14-20-18-8-4-2-6-16(18)17-7-3-5-9-19(17)20/h2-9,15,20H,10-14H2,1H3,(H,24,27)(H,25,26). The summed E-state index contributed by atoms with van der Waals surface area (Å²) in [5.41, 5.74) is 3.75. The fourth-order valence-electron chi connectivity index (χ4n) is 4.52. The predicted molar refractivity (Wildman–Crippen MR) is 108 cm³/mol. The second-order valence-corrected chi connectivity index (χ2v) is 7.90. The second kappa shape index (κ2) is 7.87. The summed E-state index contributed by atoms with van der Waals surface area (Å²) in [5.74, 6) is -1.10. The van der Waals surface area contributed by atoms with E-state index in [0.29, 0.717) is 19.6 Å². The fourth-order valence-corrected chi connectivity index (χ4v) is 4.52. The summed E-state index contributed by atoms with van der Waals surface area (Å²) >= 11 is 0. The monoisotopic (exact) mass is 395 g/mol. The number of rotatable bonds is 5. The lowest BCUT2D eigenvalue weighted by Gasteiger charge is -2.41. The molecule has 1 heterocycles. The van der Waals surface area contributed by atoms with Gasteiger partial charge in [0, 0.05) is 18.4 Å². The molecular weight excluding hydrogens is 370 g/mol. The van der Waals surface area contributed by atoms with Gasteiger partial charge in [0.15, 0.2) is 0 Å². The van der Waals surface area contributed by atoms with E-state index in [1.165, 1.54) is 0 Å². The number of hydrogen-bond donors (Lipinski definition) is 2. The van der Waals surface area contributed by atoms with Crippen LogP contribution in [-0.2, 0) is 14.3 Å². The lowest BCUT2D eigenvalue weighted by Crippen LogP contribution is -2.58. The van der Waals surface area contributed by atoms with Crippen molar-refractivity contribution in [2.75, 3.05) is 19.8 Å². The van der Waals surface area contributed by atoms with Crippen LogP contribution < -0.4 is 5.32 Å². The van der Waals surface area contributed by atoms with Gasteiger partial charge in [-0.2, -0.15) is 0 Å². The topological polar surface area (TPSA) is 84.9 Å². The lowest BCUT2D eigenvalue weighted by molar-refractivity contribution is -0.140. The number of hydrogen-bond acceptors (Lipinski definition) is 4. The minimum atomic E-state index is -0.947. The van der Waals surface area contributed by atoms with Crippen molar-refractivity contribution in [3.8, 4) is 11.1 Å². The SMILES string of the molecule is CC1COCCC1(CC(=O)O)NC(=O)OCC1c2ccccc2-c2ccccc21. The lowest BCUT2D eigenvalue weighted by atomic mass is 9.78. The van der Waals surface area contributed by atoms with Crippen LogP contribution in [0, 0.1) is 5.92 Å². The number of aliphatic carboxylic acids is 1. The highest BCUT2D eigenvalue weighted by Gasteiger charge is 2.42. The molecule has 1 aliphatic carbocycles. The van der Waals surface area contributed by atoms with E-state index < -0.39 is 17.6 Å². The summed E-state index contributed by atoms with van der Waals surface area (Å²) in [4.78, 5) is 24.1. The van der Waals surface area contributed by atoms with Crippen molar-refractivity contribution in [2.24, 2.45) is 5.92 Å². The number of fused-ring (bicyclic) bond motifs is 3. The molecule has 1 saturated heterocycles. The van der Waals surface area contributed by atoms with Gasteiger partial charge >= 0.3 is 12.1 Å². The van der Waals surface area contributed by atoms with Crippen LogP contribution in [0.5, 0.6) is 0 Å². The number of alkyl carbamates (subject to hydrolysis) is 1. The Morgan fingerprint density at radius 1 is 1.14 bits per heavy atom. The van der Waals surface area contributed by atoms with Gasteiger partial charge in [0.1, 0.15) is 6.61 Å². The van der Waals surface area contributed by atoms with Crippen molar-refractivity contribution in [1.29, 1.82) is 0 Å². The average Bonchev–Trinajstić information content (AvgIpc) is 3.02. The van der Waals surface area contributed by atoms with Gasteiger partial charge in [-0.05, 0) is 28.7 Å². The van der Waals surface area contributed by atoms with Crippen molar-refractivity contribution in [3.63, 3.8) is 0 Å². The van der Waals surface area contributed by atoms with Crippen LogP contribution in [0.4, 0.5) is 4.79 Å². The molecule has 2 atom stereocenters. The molecule has 0 saturated carbocycles. The predicted octanol–water partition coefficient (Wildman–Crippen LogP) is 3.80. The van der Waals surface area contributed by atoms with Crippen molar-refractivity contribution >= 4 is 12.1 Å². The van der Waals surface area contributed by atoms with Gasteiger partial charge in [-0.15, -0.1) is 0 Å². The van der Waals surface area contributed by atoms with E-state index in [4.69, 9.17) is 9.47 Å².